The number of hydrogen-bond donors (Lipinski definition) is 0. The summed E-state index contributed by atoms with van der Waals surface area (Å²) >= 11 is 0. The summed E-state index contributed by atoms with van der Waals surface area (Å²) in [4.78, 5) is 2.49. The van der Waals surface area contributed by atoms with E-state index in [1.165, 1.54) is 31.5 Å². The molecule has 3 rings (SSSR count). The quantitative estimate of drug-likeness (QED) is 0.796. The fraction of sp³-hybridized carbons (Fsp3) is 0.318. The van der Waals surface area contributed by atoms with Gasteiger partial charge in [-0.05, 0) is 68.8 Å². The van der Waals surface area contributed by atoms with Gasteiger partial charge in [0.1, 0.15) is 11.8 Å². The van der Waals surface area contributed by atoms with Gasteiger partial charge in [-0.2, -0.15) is 5.26 Å². The maximum absolute atomic E-state index is 9.22. The Labute approximate surface area is 149 Å². The van der Waals surface area contributed by atoms with Crippen molar-refractivity contribution in [2.24, 2.45) is 0 Å². The molecule has 0 spiro atoms. The first-order valence-corrected chi connectivity index (χ1v) is 8.79. The Kier molecular flexibility index (Phi) is 5.73. The van der Waals surface area contributed by atoms with E-state index in [4.69, 9.17) is 4.74 Å². The van der Waals surface area contributed by atoms with Crippen LogP contribution >= 0.6 is 0 Å². The highest BCUT2D eigenvalue weighted by Gasteiger charge is 2.11. The lowest BCUT2D eigenvalue weighted by molar-refractivity contribution is 0.331. The molecule has 0 atom stereocenters. The van der Waals surface area contributed by atoms with Gasteiger partial charge in [0.15, 0.2) is 0 Å². The second-order valence-electron chi connectivity index (χ2n) is 6.19. The van der Waals surface area contributed by atoms with Crippen LogP contribution < -0.4 is 4.74 Å². The Morgan fingerprint density at radius 2 is 1.68 bits per heavy atom. The summed E-state index contributed by atoms with van der Waals surface area (Å²) in [6.45, 7) is 5.89. The van der Waals surface area contributed by atoms with Crippen LogP contribution in [0.25, 0.3) is 0 Å². The number of rotatable bonds is 4. The molecule has 1 saturated heterocycles. The third-order valence-corrected chi connectivity index (χ3v) is 4.31. The molecule has 1 heterocycles. The molecular formula is C22H22N2O. The molecule has 3 heteroatoms. The number of benzene rings is 2. The molecule has 1 aliphatic rings. The lowest BCUT2D eigenvalue weighted by atomic mass is 10.1. The second-order valence-corrected chi connectivity index (χ2v) is 6.19. The van der Waals surface area contributed by atoms with Gasteiger partial charge in [0.25, 0.3) is 0 Å². The molecule has 2 aromatic carbocycles. The molecule has 1 fully saturated rings. The standard InChI is InChI=1S/C22H22N2O/c1-2-25-22-12-11-19(15-21(22)16-23)8-5-18-6-9-20(10-7-18)17-24-13-3-4-14-24/h6-7,9-12,15H,2-4,13-14,17H2,1H3. The largest absolute Gasteiger partial charge is 0.492 e. The molecule has 0 radical (unpaired) electrons. The zero-order valence-corrected chi connectivity index (χ0v) is 14.6. The van der Waals surface area contributed by atoms with Gasteiger partial charge in [-0.25, -0.2) is 0 Å². The van der Waals surface area contributed by atoms with Gasteiger partial charge in [0.2, 0.25) is 0 Å². The van der Waals surface area contributed by atoms with Crippen LogP contribution in [-0.4, -0.2) is 24.6 Å². The van der Waals surface area contributed by atoms with Crippen LogP contribution in [0.2, 0.25) is 0 Å². The van der Waals surface area contributed by atoms with Crippen LogP contribution in [-0.2, 0) is 6.54 Å². The first kappa shape index (κ1) is 17.1. The van der Waals surface area contributed by atoms with Gasteiger partial charge < -0.3 is 4.74 Å². The van der Waals surface area contributed by atoms with Crippen molar-refractivity contribution in [2.75, 3.05) is 19.7 Å². The van der Waals surface area contributed by atoms with Crippen molar-refractivity contribution in [1.29, 1.82) is 5.26 Å². The highest BCUT2D eigenvalue weighted by atomic mass is 16.5. The maximum atomic E-state index is 9.22. The minimum atomic E-state index is 0.523. The molecule has 2 aromatic rings. The first-order valence-electron chi connectivity index (χ1n) is 8.79. The minimum Gasteiger partial charge on any atom is -0.492 e. The molecule has 25 heavy (non-hydrogen) atoms. The predicted molar refractivity (Wildman–Crippen MR) is 99.3 cm³/mol. The second kappa shape index (κ2) is 8.38. The van der Waals surface area contributed by atoms with E-state index in [2.05, 4.69) is 47.1 Å². The number of likely N-dealkylation sites (tertiary alicyclic amines) is 1. The SMILES string of the molecule is CCOc1ccc(C#Cc2ccc(CN3CCCC3)cc2)cc1C#N. The van der Waals surface area contributed by atoms with Crippen LogP contribution in [0.15, 0.2) is 42.5 Å². The predicted octanol–water partition coefficient (Wildman–Crippen LogP) is 3.95. The Morgan fingerprint density at radius 1 is 1.00 bits per heavy atom. The van der Waals surface area contributed by atoms with Gasteiger partial charge >= 0.3 is 0 Å². The molecule has 0 aromatic heterocycles. The molecule has 0 unspecified atom stereocenters. The van der Waals surface area contributed by atoms with Crippen LogP contribution in [0.1, 0.15) is 42.0 Å². The highest BCUT2D eigenvalue weighted by molar-refractivity contribution is 5.51. The average molecular weight is 330 g/mol. The summed E-state index contributed by atoms with van der Waals surface area (Å²) in [5.74, 6) is 6.91. The zero-order valence-electron chi connectivity index (χ0n) is 14.6. The fourth-order valence-electron chi connectivity index (χ4n) is 3.01. The summed E-state index contributed by atoms with van der Waals surface area (Å²) < 4.78 is 5.44. The smallest absolute Gasteiger partial charge is 0.137 e. The summed E-state index contributed by atoms with van der Waals surface area (Å²) in [5, 5.41) is 9.22. The summed E-state index contributed by atoms with van der Waals surface area (Å²) in [6.07, 6.45) is 2.63. The first-order chi connectivity index (χ1) is 12.3. The fourth-order valence-corrected chi connectivity index (χ4v) is 3.01. The Hall–Kier alpha value is -2.75. The molecule has 0 N–H and O–H groups in total. The van der Waals surface area contributed by atoms with Gasteiger partial charge in [-0.3, -0.25) is 4.90 Å². The molecule has 0 aliphatic carbocycles. The van der Waals surface area contributed by atoms with E-state index in [0.29, 0.717) is 17.9 Å². The van der Waals surface area contributed by atoms with Crippen molar-refractivity contribution in [3.8, 4) is 23.7 Å². The normalized spacial score (nSPS) is 13.8. The third kappa shape index (κ3) is 4.63. The Balaban J connectivity index is 1.69. The van der Waals surface area contributed by atoms with E-state index in [1.54, 1.807) is 6.07 Å². The monoisotopic (exact) mass is 330 g/mol. The lowest BCUT2D eigenvalue weighted by Crippen LogP contribution is -2.18. The summed E-state index contributed by atoms with van der Waals surface area (Å²) in [5.41, 5.74) is 3.66. The van der Waals surface area contributed by atoms with Crippen LogP contribution in [0.3, 0.4) is 0 Å². The van der Waals surface area contributed by atoms with E-state index < -0.39 is 0 Å². The molecule has 0 saturated carbocycles. The van der Waals surface area contributed by atoms with Crippen LogP contribution in [0, 0.1) is 23.2 Å². The van der Waals surface area contributed by atoms with E-state index in [1.807, 2.05) is 19.1 Å². The molecule has 1 aliphatic heterocycles. The summed E-state index contributed by atoms with van der Waals surface area (Å²) in [7, 11) is 0. The van der Waals surface area contributed by atoms with E-state index in [0.717, 1.165) is 17.7 Å². The van der Waals surface area contributed by atoms with E-state index in [9.17, 15) is 5.26 Å². The molecule has 3 nitrogen and oxygen atoms in total. The Morgan fingerprint density at radius 3 is 2.36 bits per heavy atom. The van der Waals surface area contributed by atoms with Crippen molar-refractivity contribution in [1.82, 2.24) is 4.90 Å². The Bertz CT molecular complexity index is 816. The van der Waals surface area contributed by atoms with Crippen molar-refractivity contribution in [3.05, 3.63) is 64.7 Å². The molecular weight excluding hydrogens is 308 g/mol. The van der Waals surface area contributed by atoms with Gasteiger partial charge in [0, 0.05) is 17.7 Å². The lowest BCUT2D eigenvalue weighted by Gasteiger charge is -2.14. The van der Waals surface area contributed by atoms with Crippen molar-refractivity contribution >= 4 is 0 Å². The maximum Gasteiger partial charge on any atom is 0.137 e. The number of ether oxygens (including phenoxy) is 1. The van der Waals surface area contributed by atoms with Crippen molar-refractivity contribution in [3.63, 3.8) is 0 Å². The van der Waals surface area contributed by atoms with Gasteiger partial charge in [-0.15, -0.1) is 0 Å². The van der Waals surface area contributed by atoms with Gasteiger partial charge in [0.05, 0.1) is 12.2 Å². The van der Waals surface area contributed by atoms with Crippen molar-refractivity contribution < 1.29 is 4.74 Å². The molecule has 0 bridgehead atoms. The van der Waals surface area contributed by atoms with Crippen molar-refractivity contribution in [2.45, 2.75) is 26.3 Å². The van der Waals surface area contributed by atoms with Crippen LogP contribution in [0.5, 0.6) is 5.75 Å². The average Bonchev–Trinajstić information content (AvgIpc) is 3.15. The molecule has 0 amide bonds. The number of hydrogen-bond acceptors (Lipinski definition) is 3. The summed E-state index contributed by atoms with van der Waals surface area (Å²) in [6, 6.07) is 16.1. The zero-order chi connectivity index (χ0) is 17.5. The van der Waals surface area contributed by atoms with Crippen LogP contribution in [0.4, 0.5) is 0 Å². The van der Waals surface area contributed by atoms with E-state index in [-0.39, 0.29) is 0 Å². The van der Waals surface area contributed by atoms with Gasteiger partial charge in [-0.1, -0.05) is 24.0 Å². The number of nitriles is 1. The number of nitrogens with zero attached hydrogens (tertiary/aromatic N) is 2. The molecule has 126 valence electrons. The van der Waals surface area contributed by atoms with E-state index >= 15 is 0 Å². The third-order valence-electron chi connectivity index (χ3n) is 4.31. The highest BCUT2D eigenvalue weighted by Crippen LogP contribution is 2.19. The topological polar surface area (TPSA) is 36.3 Å². The minimum absolute atomic E-state index is 0.523.